The van der Waals surface area contributed by atoms with Crippen LogP contribution in [0, 0.1) is 6.92 Å². The Labute approximate surface area is 126 Å². The molecule has 1 aromatic carbocycles. The van der Waals surface area contributed by atoms with Gasteiger partial charge in [-0.2, -0.15) is 0 Å². The minimum atomic E-state index is -0.789. The molecule has 1 heterocycles. The highest BCUT2D eigenvalue weighted by atomic mass is 16.5. The summed E-state index contributed by atoms with van der Waals surface area (Å²) in [5.41, 5.74) is 1.73. The first-order chi connectivity index (χ1) is 10.1. The number of rotatable bonds is 7. The molecule has 114 valence electrons. The number of hydrogen-bond donors (Lipinski definition) is 1. The van der Waals surface area contributed by atoms with E-state index in [0.717, 1.165) is 38.1 Å². The quantitative estimate of drug-likeness (QED) is 0.784. The van der Waals surface area contributed by atoms with Crippen molar-refractivity contribution in [3.05, 3.63) is 41.5 Å². The predicted octanol–water partition coefficient (Wildman–Crippen LogP) is 2.87. The van der Waals surface area contributed by atoms with Crippen LogP contribution in [0.2, 0.25) is 0 Å². The Morgan fingerprint density at radius 1 is 1.38 bits per heavy atom. The normalized spacial score (nSPS) is 15.6. The highest BCUT2D eigenvalue weighted by Gasteiger charge is 2.16. The number of hydrogen-bond acceptors (Lipinski definition) is 3. The van der Waals surface area contributed by atoms with Crippen LogP contribution in [0.4, 0.5) is 0 Å². The van der Waals surface area contributed by atoms with E-state index in [1.54, 1.807) is 0 Å². The van der Waals surface area contributed by atoms with Crippen LogP contribution in [0.1, 0.15) is 24.8 Å². The van der Waals surface area contributed by atoms with Crippen LogP contribution in [0.15, 0.2) is 35.9 Å². The maximum Gasteiger partial charge on any atom is 0.332 e. The number of carboxylic acid groups (broad SMARTS) is 1. The fourth-order valence-electron chi connectivity index (χ4n) is 2.48. The lowest BCUT2D eigenvalue weighted by atomic mass is 10.1. The molecular weight excluding hydrogens is 266 g/mol. The molecule has 0 radical (unpaired) electrons. The molecule has 4 heteroatoms. The number of ether oxygens (including phenoxy) is 1. The maximum atomic E-state index is 10.9. The van der Waals surface area contributed by atoms with Gasteiger partial charge in [-0.3, -0.25) is 4.90 Å². The Hall–Kier alpha value is -1.81. The van der Waals surface area contributed by atoms with Crippen molar-refractivity contribution in [3.63, 3.8) is 0 Å². The maximum absolute atomic E-state index is 10.9. The van der Waals surface area contributed by atoms with Crippen LogP contribution in [0.5, 0.6) is 5.75 Å². The Bertz CT molecular complexity index is 511. The van der Waals surface area contributed by atoms with Crippen LogP contribution in [-0.2, 0) is 4.79 Å². The molecule has 1 aromatic rings. The van der Waals surface area contributed by atoms with Crippen molar-refractivity contribution in [1.82, 2.24) is 4.90 Å². The molecule has 0 aliphatic carbocycles. The van der Waals surface area contributed by atoms with Gasteiger partial charge in [-0.1, -0.05) is 18.2 Å². The Morgan fingerprint density at radius 2 is 2.24 bits per heavy atom. The largest absolute Gasteiger partial charge is 0.494 e. The van der Waals surface area contributed by atoms with Crippen LogP contribution < -0.4 is 4.74 Å². The van der Waals surface area contributed by atoms with E-state index in [4.69, 9.17) is 9.84 Å². The number of aryl methyl sites for hydroxylation is 1. The lowest BCUT2D eigenvalue weighted by molar-refractivity contribution is -0.133. The van der Waals surface area contributed by atoms with Crippen molar-refractivity contribution in [1.29, 1.82) is 0 Å². The third-order valence-electron chi connectivity index (χ3n) is 3.63. The summed E-state index contributed by atoms with van der Waals surface area (Å²) in [4.78, 5) is 13.2. The average Bonchev–Trinajstić information content (AvgIpc) is 2.47. The Morgan fingerprint density at radius 3 is 3.00 bits per heavy atom. The topological polar surface area (TPSA) is 49.8 Å². The molecule has 0 saturated heterocycles. The molecule has 0 atom stereocenters. The summed E-state index contributed by atoms with van der Waals surface area (Å²) in [6, 6.07) is 8.06. The zero-order valence-electron chi connectivity index (χ0n) is 12.5. The summed E-state index contributed by atoms with van der Waals surface area (Å²) in [7, 11) is 0. The summed E-state index contributed by atoms with van der Waals surface area (Å²) in [6.07, 6.45) is 4.68. The highest BCUT2D eigenvalue weighted by molar-refractivity contribution is 5.87. The fraction of sp³-hybridized carbons (Fsp3) is 0.471. The molecule has 0 amide bonds. The summed E-state index contributed by atoms with van der Waals surface area (Å²) in [5.74, 6) is 0.131. The lowest BCUT2D eigenvalue weighted by Crippen LogP contribution is -2.33. The molecule has 0 bridgehead atoms. The van der Waals surface area contributed by atoms with Gasteiger partial charge in [-0.05, 0) is 50.4 Å². The van der Waals surface area contributed by atoms with E-state index in [1.165, 1.54) is 5.56 Å². The van der Waals surface area contributed by atoms with Gasteiger partial charge in [0, 0.05) is 18.7 Å². The molecule has 0 fully saturated rings. The van der Waals surface area contributed by atoms with E-state index in [9.17, 15) is 4.79 Å². The van der Waals surface area contributed by atoms with E-state index >= 15 is 0 Å². The summed E-state index contributed by atoms with van der Waals surface area (Å²) < 4.78 is 5.71. The second-order valence-electron chi connectivity index (χ2n) is 5.47. The van der Waals surface area contributed by atoms with Crippen molar-refractivity contribution >= 4 is 5.97 Å². The van der Waals surface area contributed by atoms with Gasteiger partial charge in [-0.25, -0.2) is 4.79 Å². The molecule has 1 aliphatic rings. The average molecular weight is 289 g/mol. The molecule has 2 rings (SSSR count). The summed E-state index contributed by atoms with van der Waals surface area (Å²) in [6.45, 7) is 5.21. The Kier molecular flexibility index (Phi) is 5.81. The van der Waals surface area contributed by atoms with Crippen molar-refractivity contribution in [2.24, 2.45) is 0 Å². The van der Waals surface area contributed by atoms with Crippen molar-refractivity contribution in [3.8, 4) is 5.75 Å². The third-order valence-corrected chi connectivity index (χ3v) is 3.63. The number of nitrogens with zero attached hydrogens (tertiary/aromatic N) is 1. The predicted molar refractivity (Wildman–Crippen MR) is 82.7 cm³/mol. The number of benzene rings is 1. The number of aliphatic carboxylic acids is 1. The smallest absolute Gasteiger partial charge is 0.332 e. The molecule has 0 aromatic heterocycles. The Balaban J connectivity index is 1.62. The van der Waals surface area contributed by atoms with E-state index in [1.807, 2.05) is 24.3 Å². The number of unbranched alkanes of at least 4 members (excludes halogenated alkanes) is 1. The van der Waals surface area contributed by atoms with E-state index in [0.29, 0.717) is 18.7 Å². The van der Waals surface area contributed by atoms with Gasteiger partial charge in [0.2, 0.25) is 0 Å². The van der Waals surface area contributed by atoms with E-state index < -0.39 is 5.97 Å². The fourth-order valence-corrected chi connectivity index (χ4v) is 2.48. The van der Waals surface area contributed by atoms with Gasteiger partial charge >= 0.3 is 5.97 Å². The second kappa shape index (κ2) is 7.84. The molecule has 0 unspecified atom stereocenters. The molecular formula is C17H23NO3. The van der Waals surface area contributed by atoms with Crippen LogP contribution in [-0.4, -0.2) is 42.2 Å². The summed E-state index contributed by atoms with van der Waals surface area (Å²) >= 11 is 0. The van der Waals surface area contributed by atoms with E-state index in [2.05, 4.69) is 17.9 Å². The minimum Gasteiger partial charge on any atom is -0.494 e. The standard InChI is InChI=1S/C17H23NO3/c1-14-6-4-8-16(12-14)21-11-3-2-9-18-10-5-7-15(13-18)17(19)20/h4,6-8,12H,2-3,5,9-11,13H2,1H3,(H,19,20). The van der Waals surface area contributed by atoms with Gasteiger partial charge in [0.15, 0.2) is 0 Å². The van der Waals surface area contributed by atoms with Gasteiger partial charge in [0.1, 0.15) is 5.75 Å². The first-order valence-electron chi connectivity index (χ1n) is 7.49. The van der Waals surface area contributed by atoms with Crippen molar-refractivity contribution < 1.29 is 14.6 Å². The zero-order chi connectivity index (χ0) is 15.1. The van der Waals surface area contributed by atoms with Gasteiger partial charge in [-0.15, -0.1) is 0 Å². The van der Waals surface area contributed by atoms with Crippen molar-refractivity contribution in [2.75, 3.05) is 26.2 Å². The number of carbonyl (C=O) groups is 1. The molecule has 1 aliphatic heterocycles. The van der Waals surface area contributed by atoms with Gasteiger partial charge in [0.25, 0.3) is 0 Å². The minimum absolute atomic E-state index is 0.525. The van der Waals surface area contributed by atoms with Crippen molar-refractivity contribution in [2.45, 2.75) is 26.2 Å². The van der Waals surface area contributed by atoms with E-state index in [-0.39, 0.29) is 0 Å². The van der Waals surface area contributed by atoms with Gasteiger partial charge in [0.05, 0.1) is 6.61 Å². The molecule has 4 nitrogen and oxygen atoms in total. The first-order valence-corrected chi connectivity index (χ1v) is 7.49. The van der Waals surface area contributed by atoms with Gasteiger partial charge < -0.3 is 9.84 Å². The summed E-state index contributed by atoms with van der Waals surface area (Å²) in [5, 5.41) is 9.00. The number of carboxylic acids is 1. The molecule has 0 saturated carbocycles. The second-order valence-corrected chi connectivity index (χ2v) is 5.47. The molecule has 0 spiro atoms. The monoisotopic (exact) mass is 289 g/mol. The highest BCUT2D eigenvalue weighted by Crippen LogP contribution is 2.13. The molecule has 21 heavy (non-hydrogen) atoms. The SMILES string of the molecule is Cc1cccc(OCCCCN2CCC=C(C(=O)O)C2)c1. The lowest BCUT2D eigenvalue weighted by Gasteiger charge is -2.25. The van der Waals surface area contributed by atoms with Crippen LogP contribution >= 0.6 is 0 Å². The zero-order valence-corrected chi connectivity index (χ0v) is 12.5. The third kappa shape index (κ3) is 5.23. The molecule has 1 N–H and O–H groups in total. The first kappa shape index (κ1) is 15.6. The van der Waals surface area contributed by atoms with Crippen LogP contribution in [0.3, 0.4) is 0 Å². The van der Waals surface area contributed by atoms with Crippen LogP contribution in [0.25, 0.3) is 0 Å².